The van der Waals surface area contributed by atoms with Crippen LogP contribution in [0.25, 0.3) is 10.8 Å². The summed E-state index contributed by atoms with van der Waals surface area (Å²) in [7, 11) is 0. The summed E-state index contributed by atoms with van der Waals surface area (Å²) in [6.07, 6.45) is 0. The van der Waals surface area contributed by atoms with Gasteiger partial charge >= 0.3 is 0 Å². The number of rotatable bonds is 2. The number of nitrogens with zero attached hydrogens (tertiary/aromatic N) is 2. The van der Waals surface area contributed by atoms with Gasteiger partial charge in [-0.05, 0) is 42.5 Å². The van der Waals surface area contributed by atoms with E-state index in [1.807, 2.05) is 0 Å². The zero-order chi connectivity index (χ0) is 17.7. The SMILES string of the molecule is O=C1c2cccc3c([N+](=O)[O-])ccc(c23)C(=O)N1c1ccc(Br)cc1. The van der Waals surface area contributed by atoms with Crippen molar-refractivity contribution in [3.8, 4) is 0 Å². The highest BCUT2D eigenvalue weighted by Gasteiger charge is 2.35. The highest BCUT2D eigenvalue weighted by Crippen LogP contribution is 2.36. The fourth-order valence-electron chi connectivity index (χ4n) is 3.06. The molecule has 25 heavy (non-hydrogen) atoms. The number of amides is 2. The molecule has 0 bridgehead atoms. The Bertz CT molecular complexity index is 1050. The normalized spacial score (nSPS) is 13.4. The third kappa shape index (κ3) is 2.24. The van der Waals surface area contributed by atoms with E-state index in [4.69, 9.17) is 0 Å². The van der Waals surface area contributed by atoms with E-state index in [1.165, 1.54) is 12.1 Å². The van der Waals surface area contributed by atoms with Crippen LogP contribution >= 0.6 is 15.9 Å². The first-order valence-corrected chi connectivity index (χ1v) is 8.13. The van der Waals surface area contributed by atoms with Crippen molar-refractivity contribution in [3.05, 3.63) is 80.3 Å². The van der Waals surface area contributed by atoms with Gasteiger partial charge in [0.25, 0.3) is 17.5 Å². The van der Waals surface area contributed by atoms with Gasteiger partial charge in [0.1, 0.15) is 0 Å². The summed E-state index contributed by atoms with van der Waals surface area (Å²) in [4.78, 5) is 37.6. The quantitative estimate of drug-likeness (QED) is 0.367. The Morgan fingerprint density at radius 1 is 0.880 bits per heavy atom. The molecule has 2 amide bonds. The molecular weight excluding hydrogens is 388 g/mol. The van der Waals surface area contributed by atoms with Gasteiger partial charge in [0.05, 0.1) is 16.0 Å². The lowest BCUT2D eigenvalue weighted by Crippen LogP contribution is -2.40. The summed E-state index contributed by atoms with van der Waals surface area (Å²) in [5, 5.41) is 11.9. The average Bonchev–Trinajstić information content (AvgIpc) is 2.60. The highest BCUT2D eigenvalue weighted by molar-refractivity contribution is 9.10. The minimum atomic E-state index is -0.515. The van der Waals surface area contributed by atoms with Crippen molar-refractivity contribution < 1.29 is 14.5 Å². The molecule has 1 aliphatic rings. The van der Waals surface area contributed by atoms with E-state index in [9.17, 15) is 19.7 Å². The molecule has 1 aliphatic heterocycles. The fourth-order valence-corrected chi connectivity index (χ4v) is 3.33. The number of hydrogen-bond donors (Lipinski definition) is 0. The van der Waals surface area contributed by atoms with Gasteiger partial charge in [-0.15, -0.1) is 0 Å². The molecule has 122 valence electrons. The molecule has 0 saturated carbocycles. The first-order chi connectivity index (χ1) is 12.0. The van der Waals surface area contributed by atoms with Crippen molar-refractivity contribution in [2.75, 3.05) is 4.90 Å². The standard InChI is InChI=1S/C18H9BrN2O4/c19-10-4-6-11(7-5-10)20-17(22)13-3-1-2-12-15(21(24)25)9-8-14(16(12)13)18(20)23/h1-9H. The van der Waals surface area contributed by atoms with Gasteiger partial charge in [0, 0.05) is 27.1 Å². The smallest absolute Gasteiger partial charge is 0.268 e. The second kappa shape index (κ2) is 5.49. The Morgan fingerprint density at radius 3 is 2.16 bits per heavy atom. The van der Waals surface area contributed by atoms with E-state index in [-0.39, 0.29) is 22.2 Å². The summed E-state index contributed by atoms with van der Waals surface area (Å²) in [6.45, 7) is 0. The maximum atomic E-state index is 12.9. The van der Waals surface area contributed by atoms with E-state index >= 15 is 0 Å². The summed E-state index contributed by atoms with van der Waals surface area (Å²) < 4.78 is 0.825. The number of halogens is 1. The number of nitro benzene ring substituents is 1. The lowest BCUT2D eigenvalue weighted by molar-refractivity contribution is -0.383. The molecule has 0 fully saturated rings. The van der Waals surface area contributed by atoms with Crippen molar-refractivity contribution in [2.45, 2.75) is 0 Å². The minimum absolute atomic E-state index is 0.127. The lowest BCUT2D eigenvalue weighted by Gasteiger charge is -2.27. The summed E-state index contributed by atoms with van der Waals surface area (Å²) >= 11 is 3.32. The van der Waals surface area contributed by atoms with Gasteiger partial charge in [-0.3, -0.25) is 19.7 Å². The molecule has 4 rings (SSSR count). The second-order valence-electron chi connectivity index (χ2n) is 5.54. The van der Waals surface area contributed by atoms with Crippen molar-refractivity contribution in [2.24, 2.45) is 0 Å². The summed E-state index contributed by atoms with van der Waals surface area (Å²) in [5.41, 5.74) is 0.870. The Hall–Kier alpha value is -3.06. The van der Waals surface area contributed by atoms with Crippen molar-refractivity contribution in [1.29, 1.82) is 0 Å². The van der Waals surface area contributed by atoms with Crippen LogP contribution in [0.3, 0.4) is 0 Å². The van der Waals surface area contributed by atoms with Crippen LogP contribution in [0.2, 0.25) is 0 Å². The number of nitro groups is 1. The van der Waals surface area contributed by atoms with Crippen LogP contribution in [-0.4, -0.2) is 16.7 Å². The topological polar surface area (TPSA) is 80.5 Å². The maximum Gasteiger partial charge on any atom is 0.277 e. The van der Waals surface area contributed by atoms with E-state index in [0.717, 1.165) is 9.37 Å². The van der Waals surface area contributed by atoms with Gasteiger partial charge < -0.3 is 0 Å². The maximum absolute atomic E-state index is 12.9. The summed E-state index contributed by atoms with van der Waals surface area (Å²) in [5.74, 6) is -0.989. The van der Waals surface area contributed by atoms with Crippen LogP contribution in [0.15, 0.2) is 59.1 Å². The van der Waals surface area contributed by atoms with Crippen LogP contribution in [0.1, 0.15) is 20.7 Å². The largest absolute Gasteiger partial charge is 0.277 e. The molecule has 0 spiro atoms. The molecule has 0 unspecified atom stereocenters. The van der Waals surface area contributed by atoms with Crippen LogP contribution < -0.4 is 4.90 Å². The Labute approximate surface area is 149 Å². The molecule has 3 aromatic rings. The molecule has 0 aliphatic carbocycles. The van der Waals surface area contributed by atoms with Crippen molar-refractivity contribution in [3.63, 3.8) is 0 Å². The molecule has 0 radical (unpaired) electrons. The monoisotopic (exact) mass is 396 g/mol. The van der Waals surface area contributed by atoms with Crippen molar-refractivity contribution >= 4 is 49.9 Å². The van der Waals surface area contributed by atoms with Crippen LogP contribution in [-0.2, 0) is 0 Å². The predicted molar refractivity (Wildman–Crippen MR) is 95.9 cm³/mol. The summed E-state index contributed by atoms with van der Waals surface area (Å²) in [6, 6.07) is 14.2. The molecule has 0 N–H and O–H groups in total. The number of benzene rings is 3. The van der Waals surface area contributed by atoms with E-state index in [1.54, 1.807) is 42.5 Å². The van der Waals surface area contributed by atoms with Gasteiger partial charge in [-0.2, -0.15) is 0 Å². The van der Waals surface area contributed by atoms with Gasteiger partial charge in [0.2, 0.25) is 0 Å². The Morgan fingerprint density at radius 2 is 1.52 bits per heavy atom. The fraction of sp³-hybridized carbons (Fsp3) is 0. The van der Waals surface area contributed by atoms with Crippen LogP contribution in [0.4, 0.5) is 11.4 Å². The van der Waals surface area contributed by atoms with E-state index < -0.39 is 16.7 Å². The number of non-ortho nitro benzene ring substituents is 1. The third-order valence-electron chi connectivity index (χ3n) is 4.17. The molecule has 7 heteroatoms. The van der Waals surface area contributed by atoms with E-state index in [2.05, 4.69) is 15.9 Å². The number of carbonyl (C=O) groups excluding carboxylic acids is 2. The van der Waals surface area contributed by atoms with Gasteiger partial charge in [-0.25, -0.2) is 4.90 Å². The zero-order valence-electron chi connectivity index (χ0n) is 12.6. The van der Waals surface area contributed by atoms with Gasteiger partial charge in [0.15, 0.2) is 0 Å². The molecule has 0 atom stereocenters. The van der Waals surface area contributed by atoms with Gasteiger partial charge in [-0.1, -0.05) is 22.0 Å². The van der Waals surface area contributed by atoms with Crippen LogP contribution in [0, 0.1) is 10.1 Å². The van der Waals surface area contributed by atoms with Crippen molar-refractivity contribution in [1.82, 2.24) is 0 Å². The Balaban J connectivity index is 1.99. The number of anilines is 1. The zero-order valence-corrected chi connectivity index (χ0v) is 14.2. The number of hydrogen-bond acceptors (Lipinski definition) is 4. The molecule has 0 saturated heterocycles. The first kappa shape index (κ1) is 15.5. The predicted octanol–water partition coefficient (Wildman–Crippen LogP) is 4.31. The minimum Gasteiger partial charge on any atom is -0.268 e. The highest BCUT2D eigenvalue weighted by atomic mass is 79.9. The third-order valence-corrected chi connectivity index (χ3v) is 4.69. The molecular formula is C18H9BrN2O4. The lowest BCUT2D eigenvalue weighted by atomic mass is 9.93. The molecule has 1 heterocycles. The average molecular weight is 397 g/mol. The number of imide groups is 1. The number of carbonyl (C=O) groups is 2. The first-order valence-electron chi connectivity index (χ1n) is 7.33. The molecule has 6 nitrogen and oxygen atoms in total. The van der Waals surface area contributed by atoms with E-state index in [0.29, 0.717) is 11.1 Å². The molecule has 3 aromatic carbocycles. The van der Waals surface area contributed by atoms with Crippen LogP contribution in [0.5, 0.6) is 0 Å². The Kier molecular flexibility index (Phi) is 3.40. The second-order valence-corrected chi connectivity index (χ2v) is 6.46. The molecule has 0 aromatic heterocycles.